The number of hydrogen-bond acceptors (Lipinski definition) is 2. The number of fused-ring (bicyclic) bond motifs is 6. The van der Waals surface area contributed by atoms with Crippen LogP contribution in [0.25, 0.3) is 38.9 Å². The van der Waals surface area contributed by atoms with Crippen LogP contribution in [0.2, 0.25) is 0 Å². The molecule has 5 nitrogen and oxygen atoms in total. The van der Waals surface area contributed by atoms with Crippen molar-refractivity contribution in [3.05, 3.63) is 79.1 Å². The van der Waals surface area contributed by atoms with Crippen molar-refractivity contribution in [2.24, 2.45) is 0 Å². The van der Waals surface area contributed by atoms with Gasteiger partial charge in [0.25, 0.3) is 0 Å². The Morgan fingerprint density at radius 1 is 0.760 bits per heavy atom. The number of nitrogens with zero attached hydrogens (tertiary/aromatic N) is 5. The molecule has 3 aromatic carbocycles. The van der Waals surface area contributed by atoms with Crippen LogP contribution >= 0.6 is 0 Å². The van der Waals surface area contributed by atoms with Crippen molar-refractivity contribution < 1.29 is 0 Å². The van der Waals surface area contributed by atoms with E-state index in [1.165, 1.54) is 0 Å². The van der Waals surface area contributed by atoms with Gasteiger partial charge in [-0.05, 0) is 42.5 Å². The van der Waals surface area contributed by atoms with Gasteiger partial charge in [-0.2, -0.15) is 0 Å². The molecule has 0 bridgehead atoms. The third-order valence-corrected chi connectivity index (χ3v) is 4.60. The molecule has 0 fully saturated rings. The number of rotatable bonds is 1. The van der Waals surface area contributed by atoms with Crippen molar-refractivity contribution in [3.8, 4) is 0 Å². The molecular formula is C20H11N5. The summed E-state index contributed by atoms with van der Waals surface area (Å²) < 4.78 is 6.14. The highest BCUT2D eigenvalue weighted by molar-refractivity contribution is 5.91. The largest absolute Gasteiger partial charge is 0.275 e. The van der Waals surface area contributed by atoms with E-state index in [9.17, 15) is 0 Å². The summed E-state index contributed by atoms with van der Waals surface area (Å²) in [4.78, 5) is 9.27. The van der Waals surface area contributed by atoms with Gasteiger partial charge in [0.1, 0.15) is 0 Å². The lowest BCUT2D eigenvalue weighted by Gasteiger charge is -2.06. The Morgan fingerprint density at radius 3 is 2.48 bits per heavy atom. The van der Waals surface area contributed by atoms with Gasteiger partial charge in [0.2, 0.25) is 5.78 Å². The number of para-hydroxylation sites is 4. The Labute approximate surface area is 142 Å². The van der Waals surface area contributed by atoms with Crippen LogP contribution in [-0.4, -0.2) is 23.7 Å². The molecule has 0 aliphatic rings. The maximum Gasteiger partial charge on any atom is 0.235 e. The zero-order valence-electron chi connectivity index (χ0n) is 13.1. The minimum Gasteiger partial charge on any atom is -0.275 e. The lowest BCUT2D eigenvalue weighted by Crippen LogP contribution is -2.08. The van der Waals surface area contributed by atoms with Crippen molar-refractivity contribution in [2.45, 2.75) is 0 Å². The van der Waals surface area contributed by atoms with E-state index in [4.69, 9.17) is 4.98 Å². The van der Waals surface area contributed by atoms with Gasteiger partial charge in [0, 0.05) is 0 Å². The van der Waals surface area contributed by atoms with Crippen molar-refractivity contribution in [2.75, 3.05) is 0 Å². The third kappa shape index (κ3) is 1.57. The standard InChI is InChI=1S/C20H11N5/c1-3-9-16-14(7-1)21-13-23(16)25-19-12-6-5-11-18(19)24-17-10-4-2-8-15(17)22-20(24)25/h1-4,6-12H. The zero-order valence-corrected chi connectivity index (χ0v) is 13.1. The molecule has 6 aromatic rings. The predicted molar refractivity (Wildman–Crippen MR) is 96.4 cm³/mol. The van der Waals surface area contributed by atoms with Gasteiger partial charge in [-0.3, -0.25) is 4.40 Å². The third-order valence-electron chi connectivity index (χ3n) is 4.60. The highest BCUT2D eigenvalue weighted by atomic mass is 15.5. The molecule has 0 saturated heterocycles. The summed E-state index contributed by atoms with van der Waals surface area (Å²) in [5.74, 6) is 0.829. The smallest absolute Gasteiger partial charge is 0.235 e. The van der Waals surface area contributed by atoms with Gasteiger partial charge in [-0.1, -0.05) is 30.3 Å². The van der Waals surface area contributed by atoms with E-state index >= 15 is 0 Å². The van der Waals surface area contributed by atoms with Crippen molar-refractivity contribution in [1.82, 2.24) is 23.7 Å². The number of aromatic nitrogens is 5. The summed E-state index contributed by atoms with van der Waals surface area (Å²) in [6.07, 6.45) is 3.11. The molecule has 0 spiro atoms. The van der Waals surface area contributed by atoms with Crippen LogP contribution in [0.15, 0.2) is 66.7 Å². The van der Waals surface area contributed by atoms with E-state index in [0.29, 0.717) is 0 Å². The molecule has 0 aliphatic heterocycles. The second kappa shape index (κ2) is 4.48. The minimum absolute atomic E-state index is 0.829. The Hall–Kier alpha value is -3.60. The average molecular weight is 321 g/mol. The molecule has 0 unspecified atom stereocenters. The Bertz CT molecular complexity index is 1400. The van der Waals surface area contributed by atoms with Crippen LogP contribution in [0, 0.1) is 12.4 Å². The Morgan fingerprint density at radius 2 is 1.56 bits per heavy atom. The fourth-order valence-electron chi connectivity index (χ4n) is 3.51. The summed E-state index contributed by atoms with van der Waals surface area (Å²) in [6.45, 7) is 0. The molecule has 3 heterocycles. The first-order chi connectivity index (χ1) is 12.4. The van der Waals surface area contributed by atoms with E-state index in [0.717, 1.165) is 38.9 Å². The van der Waals surface area contributed by atoms with E-state index in [-0.39, 0.29) is 0 Å². The molecule has 0 N–H and O–H groups in total. The van der Waals surface area contributed by atoms with E-state index in [1.54, 1.807) is 0 Å². The first kappa shape index (κ1) is 12.8. The van der Waals surface area contributed by atoms with Gasteiger partial charge in [0.05, 0.1) is 33.1 Å². The normalized spacial score (nSPS) is 12.0. The van der Waals surface area contributed by atoms with Crippen molar-refractivity contribution in [3.63, 3.8) is 0 Å². The van der Waals surface area contributed by atoms with Crippen LogP contribution in [0.3, 0.4) is 0 Å². The molecule has 6 rings (SSSR count). The van der Waals surface area contributed by atoms with Crippen molar-refractivity contribution in [1.29, 1.82) is 0 Å². The molecule has 5 heteroatoms. The molecule has 0 atom stereocenters. The maximum atomic E-state index is 4.86. The highest BCUT2D eigenvalue weighted by Crippen LogP contribution is 2.27. The van der Waals surface area contributed by atoms with E-state index < -0.39 is 0 Å². The number of benzene rings is 3. The molecule has 3 aromatic heterocycles. The maximum absolute atomic E-state index is 4.86. The van der Waals surface area contributed by atoms with E-state index in [1.807, 2.05) is 65.3 Å². The number of hydrogen-bond donors (Lipinski definition) is 0. The minimum atomic E-state index is 0.829. The predicted octanol–water partition coefficient (Wildman–Crippen LogP) is 3.70. The second-order valence-electron chi connectivity index (χ2n) is 5.97. The quantitative estimate of drug-likeness (QED) is 0.463. The van der Waals surface area contributed by atoms with Gasteiger partial charge < -0.3 is 0 Å². The summed E-state index contributed by atoms with van der Waals surface area (Å²) in [5.41, 5.74) is 6.01. The van der Waals surface area contributed by atoms with Crippen LogP contribution in [0.1, 0.15) is 0 Å². The average Bonchev–Trinajstić information content (AvgIpc) is 3.32. The monoisotopic (exact) mass is 321 g/mol. The molecule has 0 aliphatic carbocycles. The van der Waals surface area contributed by atoms with Gasteiger partial charge >= 0.3 is 0 Å². The van der Waals surface area contributed by atoms with E-state index in [2.05, 4.69) is 32.5 Å². The molecule has 2 radical (unpaired) electrons. The van der Waals surface area contributed by atoms with Crippen LogP contribution < -0.4 is 0 Å². The van der Waals surface area contributed by atoms with Gasteiger partial charge in [-0.25, -0.2) is 19.3 Å². The van der Waals surface area contributed by atoms with Crippen molar-refractivity contribution >= 4 is 38.9 Å². The molecule has 0 saturated carbocycles. The molecule has 25 heavy (non-hydrogen) atoms. The summed E-state index contributed by atoms with van der Waals surface area (Å²) >= 11 is 0. The first-order valence-electron chi connectivity index (χ1n) is 8.05. The fraction of sp³-hybridized carbons (Fsp3) is 0. The molecule has 0 amide bonds. The first-order valence-corrected chi connectivity index (χ1v) is 8.05. The molecular weight excluding hydrogens is 310 g/mol. The lowest BCUT2D eigenvalue weighted by atomic mass is 10.3. The number of imidazole rings is 3. The van der Waals surface area contributed by atoms with Crippen LogP contribution in [0.4, 0.5) is 0 Å². The second-order valence-corrected chi connectivity index (χ2v) is 5.97. The zero-order chi connectivity index (χ0) is 16.4. The van der Waals surface area contributed by atoms with Gasteiger partial charge in [-0.15, -0.1) is 0 Å². The van der Waals surface area contributed by atoms with Crippen LogP contribution in [-0.2, 0) is 0 Å². The lowest BCUT2D eigenvalue weighted by molar-refractivity contribution is 0.716. The van der Waals surface area contributed by atoms with Gasteiger partial charge in [0.15, 0.2) is 6.33 Å². The summed E-state index contributed by atoms with van der Waals surface area (Å²) in [6, 6.07) is 25.3. The Kier molecular flexibility index (Phi) is 2.29. The fourth-order valence-corrected chi connectivity index (χ4v) is 3.51. The Balaban J connectivity index is 1.88. The SMILES string of the molecule is [c]1ccc2c(c1)n1c3ccccc3nc1n2-n1[c]nc2ccccc21. The molecule has 116 valence electrons. The van der Waals surface area contributed by atoms with Crippen LogP contribution in [0.5, 0.6) is 0 Å². The summed E-state index contributed by atoms with van der Waals surface area (Å²) in [5, 5.41) is 0. The summed E-state index contributed by atoms with van der Waals surface area (Å²) in [7, 11) is 0. The topological polar surface area (TPSA) is 40.0 Å². The highest BCUT2D eigenvalue weighted by Gasteiger charge is 2.17.